The molecule has 0 atom stereocenters. The summed E-state index contributed by atoms with van der Waals surface area (Å²) in [4.78, 5) is 11.9. The highest BCUT2D eigenvalue weighted by molar-refractivity contribution is 6.32. The van der Waals surface area contributed by atoms with Crippen molar-refractivity contribution < 1.29 is 9.18 Å². The first kappa shape index (κ1) is 10.5. The Morgan fingerprint density at radius 3 is 2.71 bits per heavy atom. The van der Waals surface area contributed by atoms with Crippen LogP contribution in [0.25, 0.3) is 5.57 Å². The number of rotatable bonds is 0. The van der Waals surface area contributed by atoms with Gasteiger partial charge in [0.05, 0.1) is 0 Å². The van der Waals surface area contributed by atoms with Gasteiger partial charge in [0.25, 0.3) is 5.91 Å². The van der Waals surface area contributed by atoms with Crippen LogP contribution in [0, 0.1) is 5.82 Å². The molecule has 2 N–H and O–H groups in total. The van der Waals surface area contributed by atoms with Gasteiger partial charge in [0.15, 0.2) is 0 Å². The van der Waals surface area contributed by atoms with Gasteiger partial charge in [-0.1, -0.05) is 5.57 Å². The van der Waals surface area contributed by atoms with Crippen molar-refractivity contribution in [2.75, 3.05) is 18.4 Å². The first-order valence-corrected chi connectivity index (χ1v) is 5.80. The summed E-state index contributed by atoms with van der Waals surface area (Å²) in [6.45, 7) is 1.77. The summed E-state index contributed by atoms with van der Waals surface area (Å²) in [5, 5.41) is 6.04. The topological polar surface area (TPSA) is 41.1 Å². The van der Waals surface area contributed by atoms with Crippen molar-refractivity contribution in [3.63, 3.8) is 0 Å². The van der Waals surface area contributed by atoms with Gasteiger partial charge in [-0.3, -0.25) is 4.79 Å². The van der Waals surface area contributed by atoms with E-state index in [4.69, 9.17) is 0 Å². The maximum absolute atomic E-state index is 13.3. The Hall–Kier alpha value is -1.68. The van der Waals surface area contributed by atoms with Gasteiger partial charge >= 0.3 is 0 Å². The molecule has 1 fully saturated rings. The molecule has 88 valence electrons. The Kier molecular flexibility index (Phi) is 2.44. The number of carbonyl (C=O) groups is 1. The normalized spacial score (nSPS) is 19.2. The van der Waals surface area contributed by atoms with Crippen molar-refractivity contribution in [3.05, 3.63) is 35.2 Å². The quantitative estimate of drug-likeness (QED) is 0.671. The fourth-order valence-corrected chi connectivity index (χ4v) is 2.47. The van der Waals surface area contributed by atoms with Crippen LogP contribution in [0.5, 0.6) is 0 Å². The molecule has 17 heavy (non-hydrogen) atoms. The third-order valence-corrected chi connectivity index (χ3v) is 3.29. The molecule has 2 aliphatic heterocycles. The third-order valence-electron chi connectivity index (χ3n) is 3.29. The lowest BCUT2D eigenvalue weighted by Gasteiger charge is -2.17. The minimum Gasteiger partial charge on any atom is -0.321 e. The SMILES string of the molecule is O=C1Nc2ccc(F)cc2C1=C1CCNCC1. The molecule has 4 heteroatoms. The minimum absolute atomic E-state index is 0.0949. The zero-order valence-corrected chi connectivity index (χ0v) is 9.35. The van der Waals surface area contributed by atoms with E-state index in [0.717, 1.165) is 37.2 Å². The summed E-state index contributed by atoms with van der Waals surface area (Å²) in [5.41, 5.74) is 3.25. The van der Waals surface area contributed by atoms with E-state index in [-0.39, 0.29) is 11.7 Å². The monoisotopic (exact) mass is 232 g/mol. The van der Waals surface area contributed by atoms with E-state index >= 15 is 0 Å². The molecule has 0 radical (unpaired) electrons. The van der Waals surface area contributed by atoms with Crippen molar-refractivity contribution in [2.45, 2.75) is 12.8 Å². The van der Waals surface area contributed by atoms with E-state index in [1.807, 2.05) is 0 Å². The van der Waals surface area contributed by atoms with Gasteiger partial charge in [0.1, 0.15) is 5.82 Å². The molecule has 0 aliphatic carbocycles. The Bertz CT molecular complexity index is 514. The predicted octanol–water partition coefficient (Wildman–Crippen LogP) is 1.91. The summed E-state index contributed by atoms with van der Waals surface area (Å²) in [7, 11) is 0. The first-order chi connectivity index (χ1) is 8.25. The Labute approximate surface area is 98.7 Å². The molecule has 0 aromatic heterocycles. The Morgan fingerprint density at radius 2 is 1.94 bits per heavy atom. The van der Waals surface area contributed by atoms with Gasteiger partial charge in [-0.2, -0.15) is 0 Å². The highest BCUT2D eigenvalue weighted by atomic mass is 19.1. The molecular weight excluding hydrogens is 219 g/mol. The molecule has 2 heterocycles. The van der Waals surface area contributed by atoms with Crippen molar-refractivity contribution in [1.29, 1.82) is 0 Å². The molecule has 3 nitrogen and oxygen atoms in total. The molecule has 1 saturated heterocycles. The summed E-state index contributed by atoms with van der Waals surface area (Å²) >= 11 is 0. The van der Waals surface area contributed by atoms with Gasteiger partial charge in [-0.25, -0.2) is 4.39 Å². The van der Waals surface area contributed by atoms with E-state index < -0.39 is 0 Å². The minimum atomic E-state index is -0.299. The Morgan fingerprint density at radius 1 is 1.18 bits per heavy atom. The van der Waals surface area contributed by atoms with Gasteiger partial charge in [0, 0.05) is 16.8 Å². The smallest absolute Gasteiger partial charge is 0.256 e. The molecule has 1 aromatic rings. The van der Waals surface area contributed by atoms with Gasteiger partial charge in [-0.05, 0) is 44.1 Å². The van der Waals surface area contributed by atoms with Gasteiger partial charge < -0.3 is 10.6 Å². The highest BCUT2D eigenvalue weighted by Crippen LogP contribution is 2.36. The van der Waals surface area contributed by atoms with Crippen LogP contribution >= 0.6 is 0 Å². The first-order valence-electron chi connectivity index (χ1n) is 5.80. The average molecular weight is 232 g/mol. The number of amides is 1. The van der Waals surface area contributed by atoms with Crippen LogP contribution in [0.4, 0.5) is 10.1 Å². The lowest BCUT2D eigenvalue weighted by molar-refractivity contribution is -0.110. The number of anilines is 1. The number of carbonyl (C=O) groups excluding carboxylic acids is 1. The van der Waals surface area contributed by atoms with Crippen LogP contribution in [-0.2, 0) is 4.79 Å². The standard InChI is InChI=1S/C13H13FN2O/c14-9-1-2-11-10(7-9)12(13(17)16-11)8-3-5-15-6-4-8/h1-2,7,15H,3-6H2,(H,16,17). The van der Waals surface area contributed by atoms with Crippen LogP contribution in [-0.4, -0.2) is 19.0 Å². The number of hydrogen-bond acceptors (Lipinski definition) is 2. The number of hydrogen-bond donors (Lipinski definition) is 2. The van der Waals surface area contributed by atoms with Crippen molar-refractivity contribution in [2.24, 2.45) is 0 Å². The second kappa shape index (κ2) is 3.96. The largest absolute Gasteiger partial charge is 0.321 e. The maximum Gasteiger partial charge on any atom is 0.256 e. The summed E-state index contributed by atoms with van der Waals surface area (Å²) in [5.74, 6) is -0.394. The molecule has 2 aliphatic rings. The molecule has 3 rings (SSSR count). The highest BCUT2D eigenvalue weighted by Gasteiger charge is 2.27. The number of nitrogens with one attached hydrogen (secondary N) is 2. The van der Waals surface area contributed by atoms with Crippen LogP contribution < -0.4 is 10.6 Å². The van der Waals surface area contributed by atoms with Crippen LogP contribution in [0.15, 0.2) is 23.8 Å². The second-order valence-corrected chi connectivity index (χ2v) is 4.37. The predicted molar refractivity (Wildman–Crippen MR) is 64.1 cm³/mol. The summed E-state index contributed by atoms with van der Waals surface area (Å²) < 4.78 is 13.3. The molecular formula is C13H13FN2O. The lowest BCUT2D eigenvalue weighted by atomic mass is 9.94. The van der Waals surface area contributed by atoms with E-state index in [1.165, 1.54) is 12.1 Å². The van der Waals surface area contributed by atoms with Crippen LogP contribution in [0.3, 0.4) is 0 Å². The molecule has 0 spiro atoms. The zero-order chi connectivity index (χ0) is 11.8. The van der Waals surface area contributed by atoms with E-state index in [0.29, 0.717) is 11.1 Å². The lowest BCUT2D eigenvalue weighted by Crippen LogP contribution is -2.24. The fourth-order valence-electron chi connectivity index (χ4n) is 2.47. The maximum atomic E-state index is 13.3. The fraction of sp³-hybridized carbons (Fsp3) is 0.308. The average Bonchev–Trinajstić information content (AvgIpc) is 2.65. The second-order valence-electron chi connectivity index (χ2n) is 4.37. The van der Waals surface area contributed by atoms with Crippen LogP contribution in [0.1, 0.15) is 18.4 Å². The molecule has 0 unspecified atom stereocenters. The Balaban J connectivity index is 2.12. The summed E-state index contributed by atoms with van der Waals surface area (Å²) in [6, 6.07) is 4.43. The third kappa shape index (κ3) is 1.74. The van der Waals surface area contributed by atoms with Crippen molar-refractivity contribution in [1.82, 2.24) is 5.32 Å². The number of piperidine rings is 1. The number of halogens is 1. The summed E-state index contributed by atoms with van der Waals surface area (Å²) in [6.07, 6.45) is 1.72. The molecule has 1 aromatic carbocycles. The van der Waals surface area contributed by atoms with Crippen LogP contribution in [0.2, 0.25) is 0 Å². The number of fused-ring (bicyclic) bond motifs is 1. The van der Waals surface area contributed by atoms with Crippen molar-refractivity contribution >= 4 is 17.2 Å². The molecule has 0 saturated carbocycles. The zero-order valence-electron chi connectivity index (χ0n) is 9.35. The number of benzene rings is 1. The van der Waals surface area contributed by atoms with Crippen molar-refractivity contribution in [3.8, 4) is 0 Å². The van der Waals surface area contributed by atoms with E-state index in [9.17, 15) is 9.18 Å². The molecule has 0 bridgehead atoms. The van der Waals surface area contributed by atoms with E-state index in [1.54, 1.807) is 6.07 Å². The van der Waals surface area contributed by atoms with Gasteiger partial charge in [-0.15, -0.1) is 0 Å². The van der Waals surface area contributed by atoms with E-state index in [2.05, 4.69) is 10.6 Å². The molecule has 1 amide bonds. The van der Waals surface area contributed by atoms with Gasteiger partial charge in [0.2, 0.25) is 0 Å².